The number of benzene rings is 2. The van der Waals surface area contributed by atoms with E-state index in [9.17, 15) is 9.18 Å². The molecular weight excluding hydrogens is 407 g/mol. The smallest absolute Gasteiger partial charge is 0.223 e. The van der Waals surface area contributed by atoms with Gasteiger partial charge in [-0.3, -0.25) is 4.79 Å². The minimum atomic E-state index is -0.276. The fraction of sp³-hybridized carbons (Fsp3) is 0.462. The van der Waals surface area contributed by atoms with Crippen LogP contribution in [0.1, 0.15) is 56.1 Å². The summed E-state index contributed by atoms with van der Waals surface area (Å²) < 4.78 is 18.8. The Morgan fingerprint density at radius 1 is 1.16 bits per heavy atom. The average molecular weight is 439 g/mol. The first-order valence-electron chi connectivity index (χ1n) is 11.5. The Hall–Kier alpha value is -2.89. The summed E-state index contributed by atoms with van der Waals surface area (Å²) >= 11 is 0. The maximum absolute atomic E-state index is 13.3. The van der Waals surface area contributed by atoms with E-state index < -0.39 is 0 Å². The van der Waals surface area contributed by atoms with Gasteiger partial charge in [0, 0.05) is 24.9 Å². The zero-order chi connectivity index (χ0) is 22.3. The van der Waals surface area contributed by atoms with Gasteiger partial charge in [0.05, 0.1) is 19.4 Å². The predicted octanol–water partition coefficient (Wildman–Crippen LogP) is 5.33. The molecule has 1 atom stereocenters. The zero-order valence-electron chi connectivity index (χ0n) is 18.6. The molecule has 1 heterocycles. The molecule has 0 N–H and O–H groups in total. The first kappa shape index (κ1) is 22.3. The van der Waals surface area contributed by atoms with Crippen LogP contribution in [0.15, 0.2) is 53.7 Å². The molecule has 32 heavy (non-hydrogen) atoms. The van der Waals surface area contributed by atoms with Gasteiger partial charge in [-0.25, -0.2) is 4.39 Å². The van der Waals surface area contributed by atoms with Crippen molar-refractivity contribution in [3.63, 3.8) is 0 Å². The van der Waals surface area contributed by atoms with E-state index in [1.807, 2.05) is 29.2 Å². The summed E-state index contributed by atoms with van der Waals surface area (Å²) in [4.78, 5) is 20.7. The molecule has 5 nitrogen and oxygen atoms in total. The van der Waals surface area contributed by atoms with Gasteiger partial charge in [0.15, 0.2) is 6.10 Å². The SMILES string of the molecule is COc1ccccc1C1=NO[C@H](CN(Cc2ccc(F)cc2)C(=O)CCC2CCCC2)C1. The molecular formula is C26H31FN2O3. The monoisotopic (exact) mass is 438 g/mol. The summed E-state index contributed by atoms with van der Waals surface area (Å²) in [6.07, 6.45) is 6.88. The molecule has 1 aliphatic heterocycles. The Bertz CT molecular complexity index is 938. The van der Waals surface area contributed by atoms with Crippen LogP contribution in [0.5, 0.6) is 5.75 Å². The van der Waals surface area contributed by atoms with E-state index in [1.54, 1.807) is 19.2 Å². The Balaban J connectivity index is 1.41. The first-order chi connectivity index (χ1) is 15.6. The maximum Gasteiger partial charge on any atom is 0.223 e. The van der Waals surface area contributed by atoms with Gasteiger partial charge >= 0.3 is 0 Å². The topological polar surface area (TPSA) is 51.1 Å². The molecule has 0 radical (unpaired) electrons. The van der Waals surface area contributed by atoms with E-state index in [4.69, 9.17) is 9.57 Å². The number of hydrogen-bond acceptors (Lipinski definition) is 4. The van der Waals surface area contributed by atoms with Crippen LogP contribution >= 0.6 is 0 Å². The number of rotatable bonds is 9. The molecule has 1 aliphatic carbocycles. The van der Waals surface area contributed by atoms with Crippen LogP contribution in [0, 0.1) is 11.7 Å². The van der Waals surface area contributed by atoms with Crippen LogP contribution in [0.4, 0.5) is 4.39 Å². The molecule has 0 spiro atoms. The number of carbonyl (C=O) groups is 1. The fourth-order valence-corrected chi connectivity index (χ4v) is 4.66. The van der Waals surface area contributed by atoms with E-state index in [0.29, 0.717) is 31.8 Å². The number of halogens is 1. The van der Waals surface area contributed by atoms with E-state index in [2.05, 4.69) is 5.16 Å². The van der Waals surface area contributed by atoms with Crippen LogP contribution in [0.25, 0.3) is 0 Å². The Kier molecular flexibility index (Phi) is 7.40. The second-order valence-corrected chi connectivity index (χ2v) is 8.76. The van der Waals surface area contributed by atoms with Gasteiger partial charge in [-0.1, -0.05) is 55.1 Å². The number of carbonyl (C=O) groups excluding carboxylic acids is 1. The number of amides is 1. The van der Waals surface area contributed by atoms with Gasteiger partial charge in [-0.05, 0) is 42.2 Å². The molecule has 4 rings (SSSR count). The second-order valence-electron chi connectivity index (χ2n) is 8.76. The number of methoxy groups -OCH3 is 1. The lowest BCUT2D eigenvalue weighted by Gasteiger charge is -2.25. The third-order valence-corrected chi connectivity index (χ3v) is 6.46. The highest BCUT2D eigenvalue weighted by molar-refractivity contribution is 6.03. The number of para-hydroxylation sites is 1. The third kappa shape index (κ3) is 5.67. The number of ether oxygens (including phenoxy) is 1. The largest absolute Gasteiger partial charge is 0.496 e. The molecule has 2 aliphatic rings. The van der Waals surface area contributed by atoms with Crippen LogP contribution in [-0.4, -0.2) is 36.3 Å². The van der Waals surface area contributed by atoms with Gasteiger partial charge in [-0.2, -0.15) is 0 Å². The zero-order valence-corrected chi connectivity index (χ0v) is 18.6. The summed E-state index contributed by atoms with van der Waals surface area (Å²) in [6.45, 7) is 0.886. The fourth-order valence-electron chi connectivity index (χ4n) is 4.66. The van der Waals surface area contributed by atoms with Crippen LogP contribution in [-0.2, 0) is 16.2 Å². The van der Waals surface area contributed by atoms with Crippen molar-refractivity contribution >= 4 is 11.6 Å². The summed E-state index contributed by atoms with van der Waals surface area (Å²) in [7, 11) is 1.64. The van der Waals surface area contributed by atoms with E-state index >= 15 is 0 Å². The number of nitrogens with zero attached hydrogens (tertiary/aromatic N) is 2. The van der Waals surface area contributed by atoms with Gasteiger partial charge in [-0.15, -0.1) is 0 Å². The van der Waals surface area contributed by atoms with Crippen LogP contribution < -0.4 is 4.74 Å². The Labute approximate surface area is 189 Å². The molecule has 6 heteroatoms. The number of hydrogen-bond donors (Lipinski definition) is 0. The van der Waals surface area contributed by atoms with Gasteiger partial charge in [0.1, 0.15) is 11.6 Å². The minimum absolute atomic E-state index is 0.121. The van der Waals surface area contributed by atoms with Crippen molar-refractivity contribution < 1.29 is 18.8 Å². The van der Waals surface area contributed by atoms with E-state index in [0.717, 1.165) is 29.0 Å². The highest BCUT2D eigenvalue weighted by Crippen LogP contribution is 2.29. The first-order valence-corrected chi connectivity index (χ1v) is 11.5. The molecule has 0 saturated heterocycles. The van der Waals surface area contributed by atoms with Crippen molar-refractivity contribution in [3.8, 4) is 5.75 Å². The van der Waals surface area contributed by atoms with E-state index in [1.165, 1.54) is 37.8 Å². The summed E-state index contributed by atoms with van der Waals surface area (Å²) in [5.74, 6) is 1.26. The predicted molar refractivity (Wildman–Crippen MR) is 122 cm³/mol. The highest BCUT2D eigenvalue weighted by atomic mass is 19.1. The van der Waals surface area contributed by atoms with E-state index in [-0.39, 0.29) is 17.8 Å². The molecule has 0 bridgehead atoms. The summed E-state index contributed by atoms with van der Waals surface area (Å²) in [6, 6.07) is 14.1. The van der Waals surface area contributed by atoms with Crippen molar-refractivity contribution in [1.82, 2.24) is 4.90 Å². The molecule has 1 amide bonds. The van der Waals surface area contributed by atoms with Crippen molar-refractivity contribution in [2.75, 3.05) is 13.7 Å². The van der Waals surface area contributed by atoms with Gasteiger partial charge in [0.2, 0.25) is 5.91 Å². The lowest BCUT2D eigenvalue weighted by molar-refractivity contribution is -0.134. The molecule has 170 valence electrons. The normalized spacial score (nSPS) is 18.3. The van der Waals surface area contributed by atoms with Gasteiger partial charge in [0.25, 0.3) is 0 Å². The molecule has 1 saturated carbocycles. The maximum atomic E-state index is 13.3. The molecule has 2 aromatic rings. The molecule has 0 unspecified atom stereocenters. The standard InChI is InChI=1S/C26H31FN2O3/c1-31-25-9-5-4-8-23(25)24-16-22(32-28-24)18-29(17-20-10-13-21(27)14-11-20)26(30)15-12-19-6-2-3-7-19/h4-5,8-11,13-14,19,22H,2-3,6-7,12,15-18H2,1H3/t22-/m0/s1. The van der Waals surface area contributed by atoms with Crippen molar-refractivity contribution in [1.29, 1.82) is 0 Å². The number of oxime groups is 1. The summed E-state index contributed by atoms with van der Waals surface area (Å²) in [5, 5.41) is 4.29. The third-order valence-electron chi connectivity index (χ3n) is 6.46. The Morgan fingerprint density at radius 2 is 1.91 bits per heavy atom. The lowest BCUT2D eigenvalue weighted by atomic mass is 10.0. The minimum Gasteiger partial charge on any atom is -0.496 e. The van der Waals surface area contributed by atoms with Crippen LogP contribution in [0.3, 0.4) is 0 Å². The quantitative estimate of drug-likeness (QED) is 0.532. The average Bonchev–Trinajstić information content (AvgIpc) is 3.50. The summed E-state index contributed by atoms with van der Waals surface area (Å²) in [5.41, 5.74) is 2.65. The van der Waals surface area contributed by atoms with Gasteiger partial charge < -0.3 is 14.5 Å². The van der Waals surface area contributed by atoms with Crippen molar-refractivity contribution in [2.45, 2.75) is 57.6 Å². The highest BCUT2D eigenvalue weighted by Gasteiger charge is 2.28. The van der Waals surface area contributed by atoms with Crippen LogP contribution in [0.2, 0.25) is 0 Å². The molecule has 0 aromatic heterocycles. The Morgan fingerprint density at radius 3 is 2.66 bits per heavy atom. The lowest BCUT2D eigenvalue weighted by Crippen LogP contribution is -2.37. The molecule has 2 aromatic carbocycles. The van der Waals surface area contributed by atoms with Crippen molar-refractivity contribution in [3.05, 3.63) is 65.5 Å². The molecule has 1 fully saturated rings. The second kappa shape index (κ2) is 10.6. The van der Waals surface area contributed by atoms with Crippen molar-refractivity contribution in [2.24, 2.45) is 11.1 Å².